The molecule has 0 aromatic heterocycles. The van der Waals surface area contributed by atoms with Gasteiger partial charge in [-0.3, -0.25) is 9.00 Å². The summed E-state index contributed by atoms with van der Waals surface area (Å²) in [6, 6.07) is 17.4. The number of carbonyl (C=O) groups is 1. The molecule has 0 spiro atoms. The van der Waals surface area contributed by atoms with Crippen molar-refractivity contribution in [2.45, 2.75) is 24.7 Å². The van der Waals surface area contributed by atoms with Crippen LogP contribution in [-0.2, 0) is 22.0 Å². The molecule has 3 nitrogen and oxygen atoms in total. The molecule has 0 heterocycles. The van der Waals surface area contributed by atoms with Crippen LogP contribution in [0.3, 0.4) is 0 Å². The van der Waals surface area contributed by atoms with Gasteiger partial charge in [0.15, 0.2) is 0 Å². The third-order valence-electron chi connectivity index (χ3n) is 3.82. The Balaban J connectivity index is 1.95. The minimum Gasteiger partial charge on any atom is -0.341 e. The fourth-order valence-electron chi connectivity index (χ4n) is 2.42. The molecule has 0 aliphatic carbocycles. The van der Waals surface area contributed by atoms with E-state index >= 15 is 0 Å². The minimum absolute atomic E-state index is 0.104. The molecule has 5 heteroatoms. The quantitative estimate of drug-likeness (QED) is 0.661. The summed E-state index contributed by atoms with van der Waals surface area (Å²) in [5.74, 6) is 0.568. The van der Waals surface area contributed by atoms with E-state index in [9.17, 15) is 9.00 Å². The first kappa shape index (κ1) is 18.9. The van der Waals surface area contributed by atoms with Crippen molar-refractivity contribution < 1.29 is 9.00 Å². The largest absolute Gasteiger partial charge is 0.341 e. The third kappa shape index (κ3) is 5.56. The standard InChI is InChI=1S/C19H22BrNO2S/c1-2-19(22)21(13-12-16-8-6-7-11-18(16)20)14-15-24(23)17-9-4-3-5-10-17/h3-11H,2,12-15H2,1H3. The zero-order valence-corrected chi connectivity index (χ0v) is 16.2. The summed E-state index contributed by atoms with van der Waals surface area (Å²) < 4.78 is 13.4. The van der Waals surface area contributed by atoms with Gasteiger partial charge in [0.1, 0.15) is 0 Å². The van der Waals surface area contributed by atoms with E-state index in [-0.39, 0.29) is 5.91 Å². The van der Waals surface area contributed by atoms with E-state index in [1.165, 1.54) is 5.56 Å². The normalized spacial score (nSPS) is 11.9. The molecule has 0 N–H and O–H groups in total. The number of halogens is 1. The maximum atomic E-state index is 12.4. The van der Waals surface area contributed by atoms with Crippen LogP contribution in [0.2, 0.25) is 0 Å². The van der Waals surface area contributed by atoms with Crippen molar-refractivity contribution in [3.8, 4) is 0 Å². The van der Waals surface area contributed by atoms with Gasteiger partial charge in [0.25, 0.3) is 0 Å². The lowest BCUT2D eigenvalue weighted by Crippen LogP contribution is -2.35. The molecular weight excluding hydrogens is 386 g/mol. The third-order valence-corrected chi connectivity index (χ3v) is 5.94. The summed E-state index contributed by atoms with van der Waals surface area (Å²) in [5.41, 5.74) is 1.18. The van der Waals surface area contributed by atoms with Crippen molar-refractivity contribution in [2.24, 2.45) is 0 Å². The van der Waals surface area contributed by atoms with Crippen LogP contribution in [0.4, 0.5) is 0 Å². The molecule has 2 aromatic rings. The SMILES string of the molecule is CCC(=O)N(CCc1ccccc1Br)CCS(=O)c1ccccc1. The molecule has 0 aliphatic heterocycles. The average molecular weight is 408 g/mol. The predicted molar refractivity (Wildman–Crippen MR) is 102 cm³/mol. The number of hydrogen-bond acceptors (Lipinski definition) is 2. The van der Waals surface area contributed by atoms with Crippen molar-refractivity contribution in [3.63, 3.8) is 0 Å². The van der Waals surface area contributed by atoms with Crippen LogP contribution in [0.15, 0.2) is 64.0 Å². The second-order valence-electron chi connectivity index (χ2n) is 5.44. The van der Waals surface area contributed by atoms with Gasteiger partial charge in [-0.25, -0.2) is 0 Å². The van der Waals surface area contributed by atoms with E-state index in [0.717, 1.165) is 15.8 Å². The summed E-state index contributed by atoms with van der Waals surface area (Å²) in [6.07, 6.45) is 1.25. The smallest absolute Gasteiger partial charge is 0.222 e. The highest BCUT2D eigenvalue weighted by Crippen LogP contribution is 2.17. The van der Waals surface area contributed by atoms with Gasteiger partial charge >= 0.3 is 0 Å². The lowest BCUT2D eigenvalue weighted by Gasteiger charge is -2.22. The van der Waals surface area contributed by atoms with E-state index in [1.807, 2.05) is 60.4 Å². The topological polar surface area (TPSA) is 37.4 Å². The Morgan fingerprint density at radius 2 is 1.71 bits per heavy atom. The summed E-state index contributed by atoms with van der Waals surface area (Å²) in [7, 11) is -1.08. The molecule has 0 radical (unpaired) electrons. The molecule has 128 valence electrons. The first-order valence-corrected chi connectivity index (χ1v) is 10.2. The van der Waals surface area contributed by atoms with Gasteiger partial charge in [-0.2, -0.15) is 0 Å². The first-order chi connectivity index (χ1) is 11.6. The zero-order valence-electron chi connectivity index (χ0n) is 13.8. The second-order valence-corrected chi connectivity index (χ2v) is 7.86. The molecule has 2 aromatic carbocycles. The van der Waals surface area contributed by atoms with E-state index in [0.29, 0.717) is 25.3 Å². The van der Waals surface area contributed by atoms with Gasteiger partial charge in [0.2, 0.25) is 5.91 Å². The first-order valence-electron chi connectivity index (χ1n) is 8.06. The molecule has 24 heavy (non-hydrogen) atoms. The highest BCUT2D eigenvalue weighted by atomic mass is 79.9. The fraction of sp³-hybridized carbons (Fsp3) is 0.316. The Hall–Kier alpha value is -1.46. The summed E-state index contributed by atoms with van der Waals surface area (Å²) in [5, 5.41) is 0. The molecule has 0 saturated heterocycles. The predicted octanol–water partition coefficient (Wildman–Crippen LogP) is 4.04. The molecule has 0 fully saturated rings. The minimum atomic E-state index is -1.08. The summed E-state index contributed by atoms with van der Waals surface area (Å²) in [4.78, 5) is 14.8. The van der Waals surface area contributed by atoms with Crippen molar-refractivity contribution in [3.05, 3.63) is 64.6 Å². The summed E-state index contributed by atoms with van der Waals surface area (Å²) in [6.45, 7) is 3.02. The van der Waals surface area contributed by atoms with Crippen molar-refractivity contribution in [2.75, 3.05) is 18.8 Å². The van der Waals surface area contributed by atoms with Gasteiger partial charge in [-0.1, -0.05) is 59.3 Å². The second kappa shape index (κ2) is 9.74. The number of carbonyl (C=O) groups excluding carboxylic acids is 1. The molecular formula is C19H22BrNO2S. The van der Waals surface area contributed by atoms with Crippen LogP contribution in [0.5, 0.6) is 0 Å². The Labute approximate surface area is 154 Å². The molecule has 0 bridgehead atoms. The van der Waals surface area contributed by atoms with E-state index < -0.39 is 10.8 Å². The summed E-state index contributed by atoms with van der Waals surface area (Å²) >= 11 is 3.54. The lowest BCUT2D eigenvalue weighted by atomic mass is 10.1. The maximum Gasteiger partial charge on any atom is 0.222 e. The van der Waals surface area contributed by atoms with Gasteiger partial charge in [-0.15, -0.1) is 0 Å². The van der Waals surface area contributed by atoms with Crippen LogP contribution in [0.1, 0.15) is 18.9 Å². The Kier molecular flexibility index (Phi) is 7.66. The average Bonchev–Trinajstić information content (AvgIpc) is 2.63. The van der Waals surface area contributed by atoms with Crippen LogP contribution in [0, 0.1) is 0 Å². The van der Waals surface area contributed by atoms with Crippen LogP contribution >= 0.6 is 15.9 Å². The van der Waals surface area contributed by atoms with Gasteiger partial charge in [0.05, 0.1) is 10.8 Å². The zero-order chi connectivity index (χ0) is 17.4. The molecule has 1 amide bonds. The molecule has 1 unspecified atom stereocenters. The van der Waals surface area contributed by atoms with Crippen LogP contribution in [0.25, 0.3) is 0 Å². The molecule has 2 rings (SSSR count). The monoisotopic (exact) mass is 407 g/mol. The number of nitrogens with zero attached hydrogens (tertiary/aromatic N) is 1. The van der Waals surface area contributed by atoms with E-state index in [1.54, 1.807) is 0 Å². The Morgan fingerprint density at radius 3 is 2.38 bits per heavy atom. The maximum absolute atomic E-state index is 12.4. The molecule has 0 aliphatic rings. The lowest BCUT2D eigenvalue weighted by molar-refractivity contribution is -0.130. The Bertz CT molecular complexity index is 691. The van der Waals surface area contributed by atoms with Gasteiger partial charge in [-0.05, 0) is 30.2 Å². The Morgan fingerprint density at radius 1 is 1.04 bits per heavy atom. The fourth-order valence-corrected chi connectivity index (χ4v) is 3.99. The highest BCUT2D eigenvalue weighted by Gasteiger charge is 2.14. The number of benzene rings is 2. The number of hydrogen-bond donors (Lipinski definition) is 0. The van der Waals surface area contributed by atoms with E-state index in [2.05, 4.69) is 22.0 Å². The number of amides is 1. The van der Waals surface area contributed by atoms with E-state index in [4.69, 9.17) is 0 Å². The van der Waals surface area contributed by atoms with Crippen LogP contribution in [-0.4, -0.2) is 33.9 Å². The van der Waals surface area contributed by atoms with Gasteiger partial charge < -0.3 is 4.90 Å². The highest BCUT2D eigenvalue weighted by molar-refractivity contribution is 9.10. The number of rotatable bonds is 8. The van der Waals surface area contributed by atoms with Crippen molar-refractivity contribution in [1.29, 1.82) is 0 Å². The van der Waals surface area contributed by atoms with Crippen LogP contribution < -0.4 is 0 Å². The van der Waals surface area contributed by atoms with Gasteiger partial charge in [0, 0.05) is 34.6 Å². The molecule has 1 atom stereocenters. The van der Waals surface area contributed by atoms with Crippen molar-refractivity contribution in [1.82, 2.24) is 4.90 Å². The van der Waals surface area contributed by atoms with Crippen molar-refractivity contribution >= 4 is 32.6 Å². The molecule has 0 saturated carbocycles.